The summed E-state index contributed by atoms with van der Waals surface area (Å²) in [6, 6.07) is 21.9. The Balaban J connectivity index is 1.99. The summed E-state index contributed by atoms with van der Waals surface area (Å²) in [5.41, 5.74) is 1.46. The van der Waals surface area contributed by atoms with E-state index in [-0.39, 0.29) is 10.6 Å². The second-order valence-electron chi connectivity index (χ2n) is 6.11. The fourth-order valence-corrected chi connectivity index (χ4v) is 4.27. The quantitative estimate of drug-likeness (QED) is 0.540. The Hall–Kier alpha value is -3.09. The van der Waals surface area contributed by atoms with Crippen LogP contribution in [0.2, 0.25) is 5.02 Å². The van der Waals surface area contributed by atoms with Crippen molar-refractivity contribution in [1.29, 1.82) is 0 Å². The van der Waals surface area contributed by atoms with Crippen molar-refractivity contribution < 1.29 is 13.5 Å². The van der Waals surface area contributed by atoms with Gasteiger partial charge in [-0.1, -0.05) is 60.1 Å². The summed E-state index contributed by atoms with van der Waals surface area (Å²) < 4.78 is 28.1. The van der Waals surface area contributed by atoms with Gasteiger partial charge in [0.25, 0.3) is 10.0 Å². The van der Waals surface area contributed by atoms with Gasteiger partial charge in [-0.2, -0.15) is 0 Å². The van der Waals surface area contributed by atoms with Gasteiger partial charge in [-0.25, -0.2) is 8.42 Å². The van der Waals surface area contributed by atoms with Crippen LogP contribution >= 0.6 is 11.6 Å². The van der Waals surface area contributed by atoms with E-state index in [9.17, 15) is 13.5 Å². The Kier molecular flexibility index (Phi) is 4.66. The number of benzene rings is 3. The van der Waals surface area contributed by atoms with Gasteiger partial charge in [-0.3, -0.25) is 9.71 Å². The molecular weight excluding hydrogens is 396 g/mol. The van der Waals surface area contributed by atoms with E-state index in [0.717, 1.165) is 0 Å². The molecule has 3 aromatic carbocycles. The third-order valence-electron chi connectivity index (χ3n) is 4.27. The van der Waals surface area contributed by atoms with Gasteiger partial charge in [-0.15, -0.1) is 0 Å². The minimum atomic E-state index is -3.97. The lowest BCUT2D eigenvalue weighted by Crippen LogP contribution is -2.16. The molecule has 140 valence electrons. The van der Waals surface area contributed by atoms with Crippen molar-refractivity contribution >= 4 is 38.2 Å². The van der Waals surface area contributed by atoms with Crippen molar-refractivity contribution in [3.8, 4) is 17.0 Å². The van der Waals surface area contributed by atoms with Crippen LogP contribution in [0.3, 0.4) is 0 Å². The molecule has 0 bridgehead atoms. The van der Waals surface area contributed by atoms with Crippen LogP contribution in [0.15, 0.2) is 83.8 Å². The zero-order chi connectivity index (χ0) is 19.7. The average Bonchev–Trinajstić information content (AvgIpc) is 2.70. The van der Waals surface area contributed by atoms with E-state index >= 15 is 0 Å². The Morgan fingerprint density at radius 3 is 2.21 bits per heavy atom. The smallest absolute Gasteiger partial charge is 0.261 e. The average molecular weight is 410 g/mol. The maximum absolute atomic E-state index is 12.8. The molecule has 0 saturated carbocycles. The zero-order valence-corrected chi connectivity index (χ0v) is 16.0. The number of anilines is 1. The first kappa shape index (κ1) is 18.3. The number of pyridine rings is 1. The van der Waals surface area contributed by atoms with Gasteiger partial charge < -0.3 is 5.11 Å². The van der Waals surface area contributed by atoms with Crippen molar-refractivity contribution in [2.24, 2.45) is 0 Å². The first-order valence-electron chi connectivity index (χ1n) is 8.39. The van der Waals surface area contributed by atoms with Crippen LogP contribution in [0.25, 0.3) is 22.0 Å². The van der Waals surface area contributed by atoms with Gasteiger partial charge in [0.2, 0.25) is 0 Å². The van der Waals surface area contributed by atoms with Gasteiger partial charge in [0.05, 0.1) is 16.1 Å². The summed E-state index contributed by atoms with van der Waals surface area (Å²) in [4.78, 5) is 4.09. The number of halogens is 1. The van der Waals surface area contributed by atoms with Crippen molar-refractivity contribution in [2.45, 2.75) is 4.90 Å². The predicted octanol–water partition coefficient (Wildman–Crippen LogP) is 4.43. The fourth-order valence-electron chi connectivity index (χ4n) is 3.01. The molecule has 7 heteroatoms. The van der Waals surface area contributed by atoms with Crippen LogP contribution in [0.4, 0.5) is 5.69 Å². The summed E-state index contributed by atoms with van der Waals surface area (Å²) in [5, 5.41) is 13.8. The summed E-state index contributed by atoms with van der Waals surface area (Å²) >= 11 is 6.15. The van der Waals surface area contributed by atoms with Gasteiger partial charge in [-0.05, 0) is 35.9 Å². The highest BCUT2D eigenvalue weighted by Crippen LogP contribution is 2.40. The monoisotopic (exact) mass is 409 g/mol. The van der Waals surface area contributed by atoms with E-state index in [1.807, 2.05) is 18.2 Å². The second-order valence-corrected chi connectivity index (χ2v) is 8.23. The van der Waals surface area contributed by atoms with Crippen LogP contribution < -0.4 is 9.83 Å². The lowest BCUT2D eigenvalue weighted by molar-refractivity contribution is -0.273. The zero-order valence-electron chi connectivity index (χ0n) is 14.5. The molecule has 1 heterocycles. The normalized spacial score (nSPS) is 11.5. The predicted molar refractivity (Wildman–Crippen MR) is 109 cm³/mol. The van der Waals surface area contributed by atoms with E-state index in [1.54, 1.807) is 48.5 Å². The molecule has 0 saturated heterocycles. The number of nitrogens with zero attached hydrogens (tertiary/aromatic N) is 1. The molecule has 0 radical (unpaired) electrons. The number of hydrogen-bond acceptors (Lipinski definition) is 4. The topological polar surface area (TPSA) is 82.1 Å². The van der Waals surface area contributed by atoms with Crippen molar-refractivity contribution in [3.63, 3.8) is 0 Å². The summed E-state index contributed by atoms with van der Waals surface area (Å²) in [5.74, 6) is -0.659. The van der Waals surface area contributed by atoms with Crippen molar-refractivity contribution in [3.05, 3.63) is 83.9 Å². The molecule has 0 amide bonds. The van der Waals surface area contributed by atoms with Crippen molar-refractivity contribution in [2.75, 3.05) is 4.72 Å². The molecule has 5 nitrogen and oxygen atoms in total. The molecule has 0 unspecified atom stereocenters. The summed E-state index contributed by atoms with van der Waals surface area (Å²) in [7, 11) is -3.97. The number of rotatable bonds is 4. The van der Waals surface area contributed by atoms with Crippen LogP contribution in [0.5, 0.6) is 5.88 Å². The molecule has 1 N–H and O–H groups in total. The summed E-state index contributed by atoms with van der Waals surface area (Å²) in [6.45, 7) is 0. The second kappa shape index (κ2) is 7.14. The molecule has 0 aliphatic rings. The lowest BCUT2D eigenvalue weighted by atomic mass is 9.99. The van der Waals surface area contributed by atoms with E-state index < -0.39 is 15.9 Å². The number of hydrogen-bond donors (Lipinski definition) is 1. The summed E-state index contributed by atoms with van der Waals surface area (Å²) in [6.07, 6.45) is 0. The molecular formula is C21H14ClN2O3S-. The van der Waals surface area contributed by atoms with Crippen molar-refractivity contribution in [1.82, 2.24) is 4.98 Å². The van der Waals surface area contributed by atoms with Gasteiger partial charge >= 0.3 is 0 Å². The maximum atomic E-state index is 12.8. The highest BCUT2D eigenvalue weighted by molar-refractivity contribution is 7.92. The molecule has 0 aliphatic heterocycles. The molecule has 4 aromatic rings. The van der Waals surface area contributed by atoms with E-state index in [1.165, 1.54) is 12.1 Å². The van der Waals surface area contributed by atoms with Crippen LogP contribution in [-0.4, -0.2) is 13.4 Å². The Morgan fingerprint density at radius 1 is 0.893 bits per heavy atom. The first-order chi connectivity index (χ1) is 13.5. The number of aromatic nitrogens is 1. The third-order valence-corrected chi connectivity index (χ3v) is 5.87. The molecule has 0 fully saturated rings. The standard InChI is InChI=1S/C21H15ClN2O3S/c22-15-11-12-18-17(13-15)19(14-7-3-1-4-8-14)20(21(25)23-18)24-28(26,27)16-9-5-2-6-10-16/h1-13,24H,(H,23,25)/p-1. The molecule has 0 aliphatic carbocycles. The largest absolute Gasteiger partial charge is 0.857 e. The van der Waals surface area contributed by atoms with Gasteiger partial charge in [0, 0.05) is 21.9 Å². The van der Waals surface area contributed by atoms with Gasteiger partial charge in [0.15, 0.2) is 0 Å². The molecule has 0 atom stereocenters. The van der Waals surface area contributed by atoms with E-state index in [4.69, 9.17) is 11.6 Å². The minimum absolute atomic E-state index is 0.0552. The lowest BCUT2D eigenvalue weighted by Gasteiger charge is -2.21. The first-order valence-corrected chi connectivity index (χ1v) is 10.3. The van der Waals surface area contributed by atoms with E-state index in [2.05, 4.69) is 9.71 Å². The Labute approximate surface area is 167 Å². The molecule has 4 rings (SSSR count). The van der Waals surface area contributed by atoms with Gasteiger partial charge in [0.1, 0.15) is 0 Å². The van der Waals surface area contributed by atoms with Crippen LogP contribution in [-0.2, 0) is 10.0 Å². The number of fused-ring (bicyclic) bond motifs is 1. The Morgan fingerprint density at radius 2 is 1.54 bits per heavy atom. The van der Waals surface area contributed by atoms with Crippen LogP contribution in [0, 0.1) is 0 Å². The fraction of sp³-hybridized carbons (Fsp3) is 0. The minimum Gasteiger partial charge on any atom is -0.857 e. The number of sulfonamides is 1. The van der Waals surface area contributed by atoms with Crippen LogP contribution in [0.1, 0.15) is 0 Å². The maximum Gasteiger partial charge on any atom is 0.261 e. The molecule has 0 spiro atoms. The number of nitrogens with one attached hydrogen (secondary N) is 1. The van der Waals surface area contributed by atoms with E-state index in [0.29, 0.717) is 27.1 Å². The molecule has 1 aromatic heterocycles. The SMILES string of the molecule is O=S(=O)(Nc1c([O-])nc2ccc(Cl)cc2c1-c1ccccc1)c1ccccc1. The highest BCUT2D eigenvalue weighted by Gasteiger charge is 2.20. The highest BCUT2D eigenvalue weighted by atomic mass is 35.5. The third kappa shape index (κ3) is 3.40. The molecule has 28 heavy (non-hydrogen) atoms. The Bertz CT molecular complexity index is 1260.